The molecule has 0 aliphatic carbocycles. The van der Waals surface area contributed by atoms with Gasteiger partial charge in [-0.15, -0.1) is 35.7 Å². The van der Waals surface area contributed by atoms with Gasteiger partial charge in [-0.05, 0) is 69.1 Å². The van der Waals surface area contributed by atoms with E-state index in [0.717, 1.165) is 67.9 Å². The van der Waals surface area contributed by atoms with Crippen molar-refractivity contribution >= 4 is 38.9 Å². The first-order chi connectivity index (χ1) is 26.7. The molecule has 266 valence electrons. The monoisotopic (exact) mass is 889 g/mol. The summed E-state index contributed by atoms with van der Waals surface area (Å²) in [5.41, 5.74) is 12.2. The number of hydrogen-bond acceptors (Lipinski definition) is 4. The third-order valence-corrected chi connectivity index (χ3v) is 10.3. The number of nitrogens with zero attached hydrogens (tertiary/aromatic N) is 4. The first kappa shape index (κ1) is 34.4. The van der Waals surface area contributed by atoms with Crippen molar-refractivity contribution in [1.29, 1.82) is 0 Å². The molecule has 3 heterocycles. The molecule has 0 spiro atoms. The molecule has 6 heteroatoms. The van der Waals surface area contributed by atoms with E-state index in [2.05, 4.69) is 185 Å². The molecular weight excluding hydrogens is 856 g/mol. The van der Waals surface area contributed by atoms with Crippen molar-refractivity contribution in [2.45, 2.75) is 0 Å². The Morgan fingerprint density at radius 2 is 1.22 bits per heavy atom. The van der Waals surface area contributed by atoms with Crippen LogP contribution in [0.15, 0.2) is 176 Å². The van der Waals surface area contributed by atoms with Crippen LogP contribution in [0.3, 0.4) is 0 Å². The zero-order chi connectivity index (χ0) is 36.0. The van der Waals surface area contributed by atoms with Crippen LogP contribution in [0.2, 0.25) is 0 Å². The zero-order valence-corrected chi connectivity index (χ0v) is 32.2. The van der Waals surface area contributed by atoms with E-state index in [1.807, 2.05) is 24.4 Å². The van der Waals surface area contributed by atoms with Gasteiger partial charge in [-0.1, -0.05) is 120 Å². The average molecular weight is 890 g/mol. The predicted octanol–water partition coefficient (Wildman–Crippen LogP) is 12.1. The number of hydrogen-bond donors (Lipinski definition) is 0. The maximum Gasteiger partial charge on any atom is 2.00 e. The predicted molar refractivity (Wildman–Crippen MR) is 221 cm³/mol. The Balaban J connectivity index is 0.00000397. The van der Waals surface area contributed by atoms with Gasteiger partial charge >= 0.3 is 21.1 Å². The molecule has 0 atom stereocenters. The minimum atomic E-state index is 0. The van der Waals surface area contributed by atoms with E-state index in [1.165, 1.54) is 16.8 Å². The van der Waals surface area contributed by atoms with Crippen molar-refractivity contribution in [3.05, 3.63) is 188 Å². The molecule has 0 amide bonds. The molecule has 0 bridgehead atoms. The molecule has 0 radical (unpaired) electrons. The Labute approximate surface area is 335 Å². The molecular formula is C49H34N4OPt. The van der Waals surface area contributed by atoms with Gasteiger partial charge in [0.1, 0.15) is 5.82 Å². The maximum atomic E-state index is 6.53. The Bertz CT molecular complexity index is 2760. The number of pyridine rings is 1. The summed E-state index contributed by atoms with van der Waals surface area (Å²) in [7, 11) is 2.11. The van der Waals surface area contributed by atoms with Gasteiger partial charge in [-0.2, -0.15) is 12.1 Å². The molecule has 0 unspecified atom stereocenters. The number of fused-ring (bicyclic) bond motifs is 4. The van der Waals surface area contributed by atoms with Crippen molar-refractivity contribution in [3.8, 4) is 50.7 Å². The molecule has 9 aromatic rings. The second-order valence-electron chi connectivity index (χ2n) is 13.6. The fourth-order valence-electron chi connectivity index (χ4n) is 7.81. The van der Waals surface area contributed by atoms with Gasteiger partial charge in [0.25, 0.3) is 0 Å². The summed E-state index contributed by atoms with van der Waals surface area (Å²) in [6, 6.07) is 66.3. The zero-order valence-electron chi connectivity index (χ0n) is 30.0. The molecule has 10 rings (SSSR count). The second-order valence-corrected chi connectivity index (χ2v) is 13.6. The number of benzene rings is 7. The standard InChI is InChI=1S/C49H34N4O.Pt/c1-51-33-52(46-25-11-10-24-45(46)51)37-18-12-19-38(31-37)54-39-26-27-43-42-20-8-9-23-44(42)53(47(43)32-39)48-30-36(28-29-50-48)49-40(34-14-4-2-5-15-34)21-13-22-41(49)35-16-6-3-7-17-35;/h2-30H,33H2,1H3;/q-2;+2. The van der Waals surface area contributed by atoms with Crippen LogP contribution in [0, 0.1) is 12.1 Å². The Morgan fingerprint density at radius 1 is 0.564 bits per heavy atom. The van der Waals surface area contributed by atoms with E-state index in [1.54, 1.807) is 0 Å². The summed E-state index contributed by atoms with van der Waals surface area (Å²) in [5.74, 6) is 2.04. The number of aromatic nitrogens is 2. The van der Waals surface area contributed by atoms with Crippen molar-refractivity contribution < 1.29 is 25.8 Å². The summed E-state index contributed by atoms with van der Waals surface area (Å²) >= 11 is 0. The fourth-order valence-corrected chi connectivity index (χ4v) is 7.81. The van der Waals surface area contributed by atoms with Gasteiger partial charge in [0.2, 0.25) is 0 Å². The molecule has 2 aromatic heterocycles. The van der Waals surface area contributed by atoms with Crippen LogP contribution in [0.1, 0.15) is 0 Å². The molecule has 7 aromatic carbocycles. The van der Waals surface area contributed by atoms with Crippen LogP contribution in [0.5, 0.6) is 11.5 Å². The van der Waals surface area contributed by atoms with Crippen LogP contribution >= 0.6 is 0 Å². The van der Waals surface area contributed by atoms with Crippen LogP contribution in [0.4, 0.5) is 17.1 Å². The number of rotatable bonds is 7. The molecule has 1 aliphatic rings. The van der Waals surface area contributed by atoms with Crippen LogP contribution in [-0.4, -0.2) is 23.3 Å². The molecule has 0 saturated heterocycles. The summed E-state index contributed by atoms with van der Waals surface area (Å²) in [5, 5.41) is 2.21. The molecule has 55 heavy (non-hydrogen) atoms. The molecule has 1 aliphatic heterocycles. The second kappa shape index (κ2) is 14.4. The van der Waals surface area contributed by atoms with Crippen molar-refractivity contribution in [1.82, 2.24) is 9.55 Å². The molecule has 0 N–H and O–H groups in total. The van der Waals surface area contributed by atoms with Gasteiger partial charge in [0.15, 0.2) is 0 Å². The average Bonchev–Trinajstić information content (AvgIpc) is 3.75. The van der Waals surface area contributed by atoms with Gasteiger partial charge in [-0.3, -0.25) is 0 Å². The third kappa shape index (κ3) is 6.17. The Kier molecular flexibility index (Phi) is 9.01. The first-order valence-corrected chi connectivity index (χ1v) is 18.1. The van der Waals surface area contributed by atoms with Gasteiger partial charge < -0.3 is 19.1 Å². The SMILES string of the molecule is CN1CN(c2[c-]c(Oc3[c-]c4c(cc3)c3ccccc3n4-c3cc(-c4c(-c5ccccc5)cccc4-c4ccccc4)ccn3)ccc2)c2ccccc21.[Pt+2]. The van der Waals surface area contributed by atoms with Crippen molar-refractivity contribution in [2.24, 2.45) is 0 Å². The van der Waals surface area contributed by atoms with Crippen LogP contribution in [0.25, 0.3) is 61.0 Å². The van der Waals surface area contributed by atoms with E-state index in [4.69, 9.17) is 9.72 Å². The largest absolute Gasteiger partial charge is 2.00 e. The third-order valence-electron chi connectivity index (χ3n) is 10.3. The normalized spacial score (nSPS) is 12.2. The van der Waals surface area contributed by atoms with Crippen molar-refractivity contribution in [2.75, 3.05) is 23.5 Å². The Morgan fingerprint density at radius 3 is 1.98 bits per heavy atom. The fraction of sp³-hybridized carbons (Fsp3) is 0.0408. The topological polar surface area (TPSA) is 33.5 Å². The van der Waals surface area contributed by atoms with Crippen LogP contribution < -0.4 is 14.5 Å². The minimum absolute atomic E-state index is 0. The summed E-state index contributed by atoms with van der Waals surface area (Å²) in [4.78, 5) is 9.49. The first-order valence-electron chi connectivity index (χ1n) is 18.1. The number of ether oxygens (including phenoxy) is 1. The van der Waals surface area contributed by atoms with Crippen LogP contribution in [-0.2, 0) is 21.1 Å². The van der Waals surface area contributed by atoms with Gasteiger partial charge in [0.05, 0.1) is 18.0 Å². The van der Waals surface area contributed by atoms with Gasteiger partial charge in [-0.25, -0.2) is 4.98 Å². The summed E-state index contributed by atoms with van der Waals surface area (Å²) in [6.45, 7) is 0.742. The Hall–Kier alpha value is -6.42. The maximum absolute atomic E-state index is 6.53. The quantitative estimate of drug-likeness (QED) is 0.149. The summed E-state index contributed by atoms with van der Waals surface area (Å²) in [6.07, 6.45) is 1.91. The smallest absolute Gasteiger partial charge is 0.509 e. The molecule has 0 saturated carbocycles. The molecule has 5 nitrogen and oxygen atoms in total. The number of anilines is 3. The van der Waals surface area contributed by atoms with Crippen molar-refractivity contribution in [3.63, 3.8) is 0 Å². The minimum Gasteiger partial charge on any atom is -0.509 e. The number of para-hydroxylation sites is 3. The molecule has 0 fully saturated rings. The van der Waals surface area contributed by atoms with E-state index in [0.29, 0.717) is 11.5 Å². The van der Waals surface area contributed by atoms with E-state index < -0.39 is 0 Å². The van der Waals surface area contributed by atoms with E-state index in [-0.39, 0.29) is 21.1 Å². The summed E-state index contributed by atoms with van der Waals surface area (Å²) < 4.78 is 8.73. The van der Waals surface area contributed by atoms with Gasteiger partial charge in [0, 0.05) is 30.3 Å². The van der Waals surface area contributed by atoms with E-state index in [9.17, 15) is 0 Å². The van der Waals surface area contributed by atoms with E-state index >= 15 is 0 Å².